The minimum absolute atomic E-state index is 0.152. The average molecular weight is 294 g/mol. The number of carbonyl (C=O) groups is 1. The second kappa shape index (κ2) is 5.91. The fraction of sp³-hybridized carbons (Fsp3) is 0.944. The molecule has 2 aliphatic rings. The van der Waals surface area contributed by atoms with Crippen LogP contribution in [0, 0.1) is 16.2 Å². The van der Waals surface area contributed by atoms with Gasteiger partial charge in [-0.05, 0) is 49.5 Å². The molecule has 0 radical (unpaired) electrons. The standard InChI is InChI=1S/C18H34N2O/c1-6-7-18(8-9-19-13-18)15(21)20-14-10-16(2,3)12-17(4,5)11-14/h14,19H,6-13H2,1-5H3,(H,20,21). The first-order valence-corrected chi connectivity index (χ1v) is 8.70. The van der Waals surface area contributed by atoms with E-state index < -0.39 is 0 Å². The highest BCUT2D eigenvalue weighted by Gasteiger charge is 2.44. The van der Waals surface area contributed by atoms with Crippen molar-refractivity contribution in [2.45, 2.75) is 79.2 Å². The zero-order valence-electron chi connectivity index (χ0n) is 14.6. The third kappa shape index (κ3) is 4.00. The van der Waals surface area contributed by atoms with Gasteiger partial charge in [0.05, 0.1) is 5.41 Å². The maximum Gasteiger partial charge on any atom is 0.227 e. The van der Waals surface area contributed by atoms with Crippen molar-refractivity contribution in [3.8, 4) is 0 Å². The van der Waals surface area contributed by atoms with E-state index in [0.29, 0.717) is 22.8 Å². The number of nitrogens with one attached hydrogen (secondary N) is 2. The molecular formula is C18H34N2O. The van der Waals surface area contributed by atoms with E-state index >= 15 is 0 Å². The topological polar surface area (TPSA) is 41.1 Å². The first kappa shape index (κ1) is 16.8. The van der Waals surface area contributed by atoms with Crippen LogP contribution >= 0.6 is 0 Å². The summed E-state index contributed by atoms with van der Waals surface area (Å²) in [5.74, 6) is 0.299. The van der Waals surface area contributed by atoms with Crippen molar-refractivity contribution in [2.24, 2.45) is 16.2 Å². The van der Waals surface area contributed by atoms with Crippen LogP contribution in [0.25, 0.3) is 0 Å². The third-order valence-corrected chi connectivity index (χ3v) is 5.34. The molecule has 1 unspecified atom stereocenters. The summed E-state index contributed by atoms with van der Waals surface area (Å²) in [6, 6.07) is 0.339. The Bertz CT molecular complexity index is 365. The molecule has 2 fully saturated rings. The molecule has 2 rings (SSSR count). The highest BCUT2D eigenvalue weighted by atomic mass is 16.2. The van der Waals surface area contributed by atoms with Gasteiger partial charge < -0.3 is 10.6 Å². The second-order valence-corrected chi connectivity index (χ2v) is 9.04. The molecule has 1 saturated heterocycles. The monoisotopic (exact) mass is 294 g/mol. The lowest BCUT2D eigenvalue weighted by atomic mass is 9.63. The zero-order chi connectivity index (χ0) is 15.7. The molecule has 1 atom stereocenters. The molecule has 2 N–H and O–H groups in total. The highest BCUT2D eigenvalue weighted by molar-refractivity contribution is 5.83. The average Bonchev–Trinajstić information content (AvgIpc) is 2.74. The molecule has 3 nitrogen and oxygen atoms in total. The van der Waals surface area contributed by atoms with Crippen LogP contribution in [-0.4, -0.2) is 25.0 Å². The Balaban J connectivity index is 2.04. The maximum absolute atomic E-state index is 12.9. The summed E-state index contributed by atoms with van der Waals surface area (Å²) in [4.78, 5) is 12.9. The Hall–Kier alpha value is -0.570. The Kier molecular flexibility index (Phi) is 4.72. The number of amides is 1. The lowest BCUT2D eigenvalue weighted by molar-refractivity contribution is -0.132. The Labute approximate surface area is 130 Å². The van der Waals surface area contributed by atoms with Gasteiger partial charge in [0.25, 0.3) is 0 Å². The van der Waals surface area contributed by atoms with Crippen LogP contribution in [0.4, 0.5) is 0 Å². The first-order valence-electron chi connectivity index (χ1n) is 8.70. The fourth-order valence-electron chi connectivity index (χ4n) is 5.03. The summed E-state index contributed by atoms with van der Waals surface area (Å²) < 4.78 is 0. The minimum Gasteiger partial charge on any atom is -0.353 e. The molecule has 0 aromatic rings. The smallest absolute Gasteiger partial charge is 0.227 e. The number of rotatable bonds is 4. The van der Waals surface area contributed by atoms with E-state index in [2.05, 4.69) is 45.3 Å². The minimum atomic E-state index is -0.152. The molecule has 1 aliphatic heterocycles. The summed E-state index contributed by atoms with van der Waals surface area (Å²) >= 11 is 0. The molecule has 1 aliphatic carbocycles. The van der Waals surface area contributed by atoms with Gasteiger partial charge in [-0.15, -0.1) is 0 Å². The third-order valence-electron chi connectivity index (χ3n) is 5.34. The number of hydrogen-bond acceptors (Lipinski definition) is 2. The second-order valence-electron chi connectivity index (χ2n) is 9.04. The summed E-state index contributed by atoms with van der Waals surface area (Å²) in [7, 11) is 0. The predicted octanol–water partition coefficient (Wildman–Crippen LogP) is 3.49. The van der Waals surface area contributed by atoms with E-state index in [4.69, 9.17) is 0 Å². The quantitative estimate of drug-likeness (QED) is 0.833. The van der Waals surface area contributed by atoms with Crippen molar-refractivity contribution in [3.05, 3.63) is 0 Å². The lowest BCUT2D eigenvalue weighted by Gasteiger charge is -2.45. The highest BCUT2D eigenvalue weighted by Crippen LogP contribution is 2.46. The Morgan fingerprint density at radius 1 is 1.19 bits per heavy atom. The van der Waals surface area contributed by atoms with E-state index in [9.17, 15) is 4.79 Å². The lowest BCUT2D eigenvalue weighted by Crippen LogP contribution is -2.51. The Morgan fingerprint density at radius 3 is 2.29 bits per heavy atom. The van der Waals surface area contributed by atoms with Gasteiger partial charge in [0.2, 0.25) is 5.91 Å². The van der Waals surface area contributed by atoms with Crippen molar-refractivity contribution in [1.82, 2.24) is 10.6 Å². The van der Waals surface area contributed by atoms with Gasteiger partial charge in [0.15, 0.2) is 0 Å². The maximum atomic E-state index is 12.9. The fourth-order valence-corrected chi connectivity index (χ4v) is 5.03. The van der Waals surface area contributed by atoms with E-state index in [0.717, 1.165) is 45.2 Å². The van der Waals surface area contributed by atoms with Gasteiger partial charge in [-0.25, -0.2) is 0 Å². The molecule has 0 aromatic carbocycles. The molecule has 122 valence electrons. The van der Waals surface area contributed by atoms with Crippen LogP contribution in [-0.2, 0) is 4.79 Å². The van der Waals surface area contributed by atoms with E-state index in [1.165, 1.54) is 6.42 Å². The van der Waals surface area contributed by atoms with Crippen LogP contribution < -0.4 is 10.6 Å². The van der Waals surface area contributed by atoms with Gasteiger partial charge in [-0.1, -0.05) is 41.0 Å². The van der Waals surface area contributed by atoms with Gasteiger partial charge in [0.1, 0.15) is 0 Å². The molecule has 3 heteroatoms. The SMILES string of the molecule is CCCC1(C(=O)NC2CC(C)(C)CC(C)(C)C2)CCNC1. The van der Waals surface area contributed by atoms with E-state index in [1.807, 2.05) is 0 Å². The zero-order valence-corrected chi connectivity index (χ0v) is 14.6. The molecule has 0 bridgehead atoms. The summed E-state index contributed by atoms with van der Waals surface area (Å²) in [5.41, 5.74) is 0.498. The van der Waals surface area contributed by atoms with Crippen molar-refractivity contribution < 1.29 is 4.79 Å². The van der Waals surface area contributed by atoms with Crippen molar-refractivity contribution in [1.29, 1.82) is 0 Å². The van der Waals surface area contributed by atoms with Crippen LogP contribution in [0.3, 0.4) is 0 Å². The molecular weight excluding hydrogens is 260 g/mol. The predicted molar refractivity (Wildman–Crippen MR) is 88.2 cm³/mol. The number of hydrogen-bond donors (Lipinski definition) is 2. The van der Waals surface area contributed by atoms with Gasteiger partial charge in [-0.3, -0.25) is 4.79 Å². The van der Waals surface area contributed by atoms with Gasteiger partial charge in [0, 0.05) is 12.6 Å². The molecule has 1 saturated carbocycles. The van der Waals surface area contributed by atoms with Crippen LogP contribution in [0.5, 0.6) is 0 Å². The molecule has 1 amide bonds. The van der Waals surface area contributed by atoms with E-state index in [-0.39, 0.29) is 5.41 Å². The largest absolute Gasteiger partial charge is 0.353 e. The summed E-state index contributed by atoms with van der Waals surface area (Å²) in [6.45, 7) is 13.4. The number of carbonyl (C=O) groups excluding carboxylic acids is 1. The van der Waals surface area contributed by atoms with E-state index in [1.54, 1.807) is 0 Å². The van der Waals surface area contributed by atoms with Gasteiger partial charge in [-0.2, -0.15) is 0 Å². The van der Waals surface area contributed by atoms with Crippen molar-refractivity contribution >= 4 is 5.91 Å². The summed E-state index contributed by atoms with van der Waals surface area (Å²) in [6.07, 6.45) is 6.54. The Morgan fingerprint density at radius 2 is 1.81 bits per heavy atom. The van der Waals surface area contributed by atoms with Crippen LogP contribution in [0.1, 0.15) is 73.1 Å². The normalized spacial score (nSPS) is 32.0. The van der Waals surface area contributed by atoms with Crippen LogP contribution in [0.2, 0.25) is 0 Å². The first-order chi connectivity index (χ1) is 9.68. The van der Waals surface area contributed by atoms with Crippen molar-refractivity contribution in [3.63, 3.8) is 0 Å². The molecule has 1 heterocycles. The molecule has 0 spiro atoms. The molecule has 21 heavy (non-hydrogen) atoms. The van der Waals surface area contributed by atoms with Crippen molar-refractivity contribution in [2.75, 3.05) is 13.1 Å². The molecule has 0 aromatic heterocycles. The van der Waals surface area contributed by atoms with Crippen LogP contribution in [0.15, 0.2) is 0 Å². The summed E-state index contributed by atoms with van der Waals surface area (Å²) in [5, 5.41) is 6.81. The van der Waals surface area contributed by atoms with Gasteiger partial charge >= 0.3 is 0 Å².